The van der Waals surface area contributed by atoms with Crippen LogP contribution in [0.3, 0.4) is 0 Å². The zero-order chi connectivity index (χ0) is 9.03. The summed E-state index contributed by atoms with van der Waals surface area (Å²) in [5, 5.41) is 10.0. The summed E-state index contributed by atoms with van der Waals surface area (Å²) in [6.07, 6.45) is 6.16. The Kier molecular flexibility index (Phi) is 3.29. The van der Waals surface area contributed by atoms with Crippen LogP contribution in [0.25, 0.3) is 0 Å². The van der Waals surface area contributed by atoms with Gasteiger partial charge in [-0.15, -0.1) is 6.58 Å². The van der Waals surface area contributed by atoms with E-state index in [4.69, 9.17) is 0 Å². The van der Waals surface area contributed by atoms with Crippen molar-refractivity contribution >= 4 is 0 Å². The third kappa shape index (κ3) is 2.61. The average molecular weight is 169 g/mol. The molecule has 1 fully saturated rings. The normalized spacial score (nSPS) is 21.6. The molecule has 1 saturated carbocycles. The van der Waals surface area contributed by atoms with Crippen molar-refractivity contribution in [2.75, 3.05) is 20.1 Å². The predicted octanol–water partition coefficient (Wildman–Crippen LogP) is 1.41. The molecule has 70 valence electrons. The van der Waals surface area contributed by atoms with Crippen LogP contribution in [0.5, 0.6) is 0 Å². The second-order valence-electron chi connectivity index (χ2n) is 3.92. The standard InChI is InChI=1S/C10H19NO/c1-3-8-11(2)9-10(12)6-4-5-7-10/h3,12H,1,4-9H2,2H3. The first-order chi connectivity index (χ1) is 5.66. The van der Waals surface area contributed by atoms with Crippen molar-refractivity contribution in [3.05, 3.63) is 12.7 Å². The van der Waals surface area contributed by atoms with Crippen molar-refractivity contribution in [1.82, 2.24) is 4.90 Å². The van der Waals surface area contributed by atoms with Crippen LogP contribution >= 0.6 is 0 Å². The molecule has 1 aliphatic rings. The van der Waals surface area contributed by atoms with E-state index in [0.717, 1.165) is 25.9 Å². The number of hydrogen-bond donors (Lipinski definition) is 1. The lowest BCUT2D eigenvalue weighted by Gasteiger charge is -2.27. The summed E-state index contributed by atoms with van der Waals surface area (Å²) < 4.78 is 0. The summed E-state index contributed by atoms with van der Waals surface area (Å²) in [6, 6.07) is 0. The molecule has 0 aromatic heterocycles. The Hall–Kier alpha value is -0.340. The lowest BCUT2D eigenvalue weighted by Crippen LogP contribution is -2.39. The Bertz CT molecular complexity index is 150. The van der Waals surface area contributed by atoms with Gasteiger partial charge in [-0.1, -0.05) is 18.9 Å². The van der Waals surface area contributed by atoms with E-state index < -0.39 is 5.60 Å². The maximum absolute atomic E-state index is 10.0. The van der Waals surface area contributed by atoms with Gasteiger partial charge in [0.2, 0.25) is 0 Å². The molecule has 0 unspecified atom stereocenters. The molecule has 12 heavy (non-hydrogen) atoms. The maximum atomic E-state index is 10.0. The smallest absolute Gasteiger partial charge is 0.0774 e. The van der Waals surface area contributed by atoms with Crippen molar-refractivity contribution in [2.24, 2.45) is 0 Å². The van der Waals surface area contributed by atoms with Gasteiger partial charge in [-0.3, -0.25) is 4.90 Å². The van der Waals surface area contributed by atoms with Crippen LogP contribution in [0.2, 0.25) is 0 Å². The highest BCUT2D eigenvalue weighted by molar-refractivity contribution is 4.87. The van der Waals surface area contributed by atoms with Crippen molar-refractivity contribution < 1.29 is 5.11 Å². The number of nitrogens with zero attached hydrogens (tertiary/aromatic N) is 1. The van der Waals surface area contributed by atoms with Gasteiger partial charge in [0.1, 0.15) is 0 Å². The fourth-order valence-corrected chi connectivity index (χ4v) is 1.98. The topological polar surface area (TPSA) is 23.5 Å². The molecule has 0 aliphatic heterocycles. The first-order valence-electron chi connectivity index (χ1n) is 4.68. The van der Waals surface area contributed by atoms with Crippen LogP contribution in [0.15, 0.2) is 12.7 Å². The molecule has 1 N–H and O–H groups in total. The predicted molar refractivity (Wildman–Crippen MR) is 51.1 cm³/mol. The van der Waals surface area contributed by atoms with Gasteiger partial charge in [0.05, 0.1) is 5.60 Å². The average Bonchev–Trinajstić information content (AvgIpc) is 2.36. The summed E-state index contributed by atoms with van der Waals surface area (Å²) in [7, 11) is 2.03. The highest BCUT2D eigenvalue weighted by Crippen LogP contribution is 2.29. The van der Waals surface area contributed by atoms with Gasteiger partial charge in [-0.05, 0) is 19.9 Å². The first-order valence-corrected chi connectivity index (χ1v) is 4.68. The molecule has 0 saturated heterocycles. The van der Waals surface area contributed by atoms with Crippen molar-refractivity contribution in [3.63, 3.8) is 0 Å². The molecule has 0 amide bonds. The Morgan fingerprint density at radius 3 is 2.58 bits per heavy atom. The minimum Gasteiger partial charge on any atom is -0.389 e. The summed E-state index contributed by atoms with van der Waals surface area (Å²) in [5.74, 6) is 0. The summed E-state index contributed by atoms with van der Waals surface area (Å²) in [5.41, 5.74) is -0.405. The molecule has 0 atom stereocenters. The van der Waals surface area contributed by atoms with Crippen LogP contribution in [0.1, 0.15) is 25.7 Å². The van der Waals surface area contributed by atoms with E-state index in [2.05, 4.69) is 11.5 Å². The van der Waals surface area contributed by atoms with Gasteiger partial charge in [0.15, 0.2) is 0 Å². The summed E-state index contributed by atoms with van der Waals surface area (Å²) >= 11 is 0. The lowest BCUT2D eigenvalue weighted by molar-refractivity contribution is 0.0192. The molecule has 0 aromatic rings. The SMILES string of the molecule is C=CCN(C)CC1(O)CCCC1. The van der Waals surface area contributed by atoms with Gasteiger partial charge in [-0.25, -0.2) is 0 Å². The third-order valence-corrected chi connectivity index (χ3v) is 2.54. The van der Waals surface area contributed by atoms with Crippen LogP contribution < -0.4 is 0 Å². The molecule has 0 aromatic carbocycles. The largest absolute Gasteiger partial charge is 0.389 e. The number of likely N-dealkylation sites (N-methyl/N-ethyl adjacent to an activating group) is 1. The fraction of sp³-hybridized carbons (Fsp3) is 0.800. The van der Waals surface area contributed by atoms with Gasteiger partial charge in [-0.2, -0.15) is 0 Å². The summed E-state index contributed by atoms with van der Waals surface area (Å²) in [6.45, 7) is 5.33. The van der Waals surface area contributed by atoms with Crippen LogP contribution in [0, 0.1) is 0 Å². The van der Waals surface area contributed by atoms with Crippen LogP contribution in [0.4, 0.5) is 0 Å². The Balaban J connectivity index is 2.32. The zero-order valence-corrected chi connectivity index (χ0v) is 7.92. The molecular formula is C10H19NO. The second-order valence-corrected chi connectivity index (χ2v) is 3.92. The van der Waals surface area contributed by atoms with Gasteiger partial charge in [0, 0.05) is 13.1 Å². The van der Waals surface area contributed by atoms with Gasteiger partial charge < -0.3 is 5.11 Å². The van der Waals surface area contributed by atoms with Crippen molar-refractivity contribution in [1.29, 1.82) is 0 Å². The molecular weight excluding hydrogens is 150 g/mol. The maximum Gasteiger partial charge on any atom is 0.0774 e. The number of hydrogen-bond acceptors (Lipinski definition) is 2. The molecule has 1 rings (SSSR count). The molecule has 0 radical (unpaired) electrons. The van der Waals surface area contributed by atoms with Crippen molar-refractivity contribution in [3.8, 4) is 0 Å². The minimum absolute atomic E-state index is 0.405. The third-order valence-electron chi connectivity index (χ3n) is 2.54. The summed E-state index contributed by atoms with van der Waals surface area (Å²) in [4.78, 5) is 2.12. The van der Waals surface area contributed by atoms with E-state index in [1.54, 1.807) is 0 Å². The Labute approximate surface area is 74.9 Å². The Morgan fingerprint density at radius 2 is 2.08 bits per heavy atom. The molecule has 1 aliphatic carbocycles. The van der Waals surface area contributed by atoms with E-state index in [-0.39, 0.29) is 0 Å². The highest BCUT2D eigenvalue weighted by atomic mass is 16.3. The lowest BCUT2D eigenvalue weighted by atomic mass is 10.0. The number of rotatable bonds is 4. The van der Waals surface area contributed by atoms with E-state index in [1.807, 2.05) is 13.1 Å². The second kappa shape index (κ2) is 4.06. The van der Waals surface area contributed by atoms with E-state index >= 15 is 0 Å². The molecule has 2 nitrogen and oxygen atoms in total. The molecule has 2 heteroatoms. The highest BCUT2D eigenvalue weighted by Gasteiger charge is 2.31. The van der Waals surface area contributed by atoms with Gasteiger partial charge in [0.25, 0.3) is 0 Å². The first kappa shape index (κ1) is 9.75. The molecule has 0 heterocycles. The van der Waals surface area contributed by atoms with Crippen LogP contribution in [-0.4, -0.2) is 35.7 Å². The molecule has 0 bridgehead atoms. The van der Waals surface area contributed by atoms with E-state index in [0.29, 0.717) is 0 Å². The molecule has 0 spiro atoms. The zero-order valence-electron chi connectivity index (χ0n) is 7.92. The number of aliphatic hydroxyl groups is 1. The minimum atomic E-state index is -0.405. The fourth-order valence-electron chi connectivity index (χ4n) is 1.98. The Morgan fingerprint density at radius 1 is 1.50 bits per heavy atom. The monoisotopic (exact) mass is 169 g/mol. The quantitative estimate of drug-likeness (QED) is 0.643. The van der Waals surface area contributed by atoms with Crippen molar-refractivity contribution in [2.45, 2.75) is 31.3 Å². The van der Waals surface area contributed by atoms with E-state index in [1.165, 1.54) is 12.8 Å². The van der Waals surface area contributed by atoms with E-state index in [9.17, 15) is 5.11 Å². The van der Waals surface area contributed by atoms with Gasteiger partial charge >= 0.3 is 0 Å². The van der Waals surface area contributed by atoms with Crippen LogP contribution in [-0.2, 0) is 0 Å².